The van der Waals surface area contributed by atoms with Gasteiger partial charge in [-0.2, -0.15) is 0 Å². The highest BCUT2D eigenvalue weighted by Crippen LogP contribution is 2.26. The Labute approximate surface area is 159 Å². The second kappa shape index (κ2) is 8.45. The van der Waals surface area contributed by atoms with E-state index in [1.807, 2.05) is 0 Å². The maximum atomic E-state index is 13.5. The molecule has 27 heavy (non-hydrogen) atoms. The molecule has 0 aliphatic carbocycles. The molecule has 1 saturated heterocycles. The van der Waals surface area contributed by atoms with Gasteiger partial charge in [-0.05, 0) is 12.1 Å². The minimum atomic E-state index is -1.24. The molecule has 1 aliphatic heterocycles. The van der Waals surface area contributed by atoms with E-state index in [0.29, 0.717) is 44.0 Å². The van der Waals surface area contributed by atoms with Gasteiger partial charge in [0.05, 0.1) is 23.8 Å². The molecule has 0 radical (unpaired) electrons. The van der Waals surface area contributed by atoms with E-state index in [4.69, 9.17) is 21.1 Å². The van der Waals surface area contributed by atoms with Crippen LogP contribution in [0, 0.1) is 11.6 Å². The number of hydrogen-bond acceptors (Lipinski definition) is 4. The number of halogens is 3. The molecular formula is C19H16ClF2NO4. The molecule has 142 valence electrons. The predicted octanol–water partition coefficient (Wildman–Crippen LogP) is 3.38. The molecule has 2 aromatic carbocycles. The summed E-state index contributed by atoms with van der Waals surface area (Å²) in [4.78, 5) is 26.9. The zero-order chi connectivity index (χ0) is 19.4. The van der Waals surface area contributed by atoms with Crippen LogP contribution >= 0.6 is 11.6 Å². The smallest absolute Gasteiger partial charge is 0.340 e. The predicted molar refractivity (Wildman–Crippen MR) is 93.4 cm³/mol. The van der Waals surface area contributed by atoms with Crippen molar-refractivity contribution in [1.29, 1.82) is 0 Å². The van der Waals surface area contributed by atoms with Gasteiger partial charge in [-0.15, -0.1) is 0 Å². The van der Waals surface area contributed by atoms with Gasteiger partial charge >= 0.3 is 5.97 Å². The van der Waals surface area contributed by atoms with Gasteiger partial charge in [0.25, 0.3) is 5.91 Å². The van der Waals surface area contributed by atoms with Crippen molar-refractivity contribution in [3.8, 4) is 0 Å². The van der Waals surface area contributed by atoms with Crippen LogP contribution in [0.5, 0.6) is 0 Å². The molecule has 1 fully saturated rings. The van der Waals surface area contributed by atoms with Crippen molar-refractivity contribution >= 4 is 23.5 Å². The van der Waals surface area contributed by atoms with E-state index in [0.717, 1.165) is 0 Å². The highest BCUT2D eigenvalue weighted by Gasteiger charge is 2.31. The van der Waals surface area contributed by atoms with Crippen molar-refractivity contribution < 1.29 is 27.8 Å². The van der Waals surface area contributed by atoms with Crippen molar-refractivity contribution in [1.82, 2.24) is 4.90 Å². The fraction of sp³-hybridized carbons (Fsp3) is 0.263. The van der Waals surface area contributed by atoms with Crippen LogP contribution in [0.3, 0.4) is 0 Å². The molecule has 1 heterocycles. The standard InChI is InChI=1S/C19H16ClF2NO4/c20-14-11-16(22)15(21)10-13(14)19(25)27-17(12-4-2-1-3-5-12)18(24)23-6-8-26-9-7-23/h1-5,10-11,17H,6-9H2/t17-/m1/s1. The normalized spacial score (nSPS) is 15.3. The molecule has 1 amide bonds. The van der Waals surface area contributed by atoms with Crippen LogP contribution in [0.25, 0.3) is 0 Å². The zero-order valence-electron chi connectivity index (χ0n) is 14.2. The number of morpholine rings is 1. The van der Waals surface area contributed by atoms with Crippen LogP contribution in [0.15, 0.2) is 42.5 Å². The van der Waals surface area contributed by atoms with Crippen molar-refractivity contribution in [2.45, 2.75) is 6.10 Å². The van der Waals surface area contributed by atoms with Crippen LogP contribution in [0.1, 0.15) is 22.0 Å². The zero-order valence-corrected chi connectivity index (χ0v) is 14.9. The number of ether oxygens (including phenoxy) is 2. The van der Waals surface area contributed by atoms with Crippen LogP contribution in [0.4, 0.5) is 8.78 Å². The maximum absolute atomic E-state index is 13.5. The molecule has 0 unspecified atom stereocenters. The van der Waals surface area contributed by atoms with Crippen molar-refractivity contribution in [3.05, 3.63) is 70.2 Å². The van der Waals surface area contributed by atoms with Gasteiger partial charge in [-0.3, -0.25) is 4.79 Å². The Kier molecular flexibility index (Phi) is 6.03. The van der Waals surface area contributed by atoms with Gasteiger partial charge in [0.15, 0.2) is 11.6 Å². The quantitative estimate of drug-likeness (QED) is 0.588. The number of carbonyl (C=O) groups excluding carboxylic acids is 2. The average Bonchev–Trinajstić information content (AvgIpc) is 2.69. The van der Waals surface area contributed by atoms with Gasteiger partial charge in [-0.25, -0.2) is 13.6 Å². The van der Waals surface area contributed by atoms with Crippen LogP contribution in [0.2, 0.25) is 5.02 Å². The van der Waals surface area contributed by atoms with Crippen molar-refractivity contribution in [2.75, 3.05) is 26.3 Å². The highest BCUT2D eigenvalue weighted by molar-refractivity contribution is 6.33. The summed E-state index contributed by atoms with van der Waals surface area (Å²) >= 11 is 5.83. The fourth-order valence-corrected chi connectivity index (χ4v) is 2.92. The first-order valence-electron chi connectivity index (χ1n) is 8.24. The van der Waals surface area contributed by atoms with Crippen LogP contribution in [-0.4, -0.2) is 43.1 Å². The van der Waals surface area contributed by atoms with E-state index in [2.05, 4.69) is 0 Å². The number of rotatable bonds is 4. The van der Waals surface area contributed by atoms with Crippen LogP contribution < -0.4 is 0 Å². The van der Waals surface area contributed by atoms with E-state index >= 15 is 0 Å². The van der Waals surface area contributed by atoms with E-state index < -0.39 is 29.6 Å². The topological polar surface area (TPSA) is 55.8 Å². The number of esters is 1. The summed E-state index contributed by atoms with van der Waals surface area (Å²) in [5.41, 5.74) is 0.104. The van der Waals surface area contributed by atoms with Gasteiger partial charge < -0.3 is 14.4 Å². The molecule has 1 aliphatic rings. The second-order valence-electron chi connectivity index (χ2n) is 5.88. The van der Waals surface area contributed by atoms with Gasteiger partial charge in [0, 0.05) is 18.7 Å². The monoisotopic (exact) mass is 395 g/mol. The van der Waals surface area contributed by atoms with Gasteiger partial charge in [-0.1, -0.05) is 41.9 Å². The third-order valence-corrected chi connectivity index (χ3v) is 4.42. The molecule has 5 nitrogen and oxygen atoms in total. The van der Waals surface area contributed by atoms with Crippen LogP contribution in [-0.2, 0) is 14.3 Å². The number of benzene rings is 2. The Hall–Kier alpha value is -2.51. The van der Waals surface area contributed by atoms with E-state index in [1.54, 1.807) is 30.3 Å². The molecule has 0 bridgehead atoms. The largest absolute Gasteiger partial charge is 0.444 e. The minimum absolute atomic E-state index is 0.301. The highest BCUT2D eigenvalue weighted by atomic mass is 35.5. The number of carbonyl (C=O) groups is 2. The first-order chi connectivity index (χ1) is 13.0. The molecular weight excluding hydrogens is 380 g/mol. The Morgan fingerprint density at radius 3 is 2.37 bits per heavy atom. The third-order valence-electron chi connectivity index (χ3n) is 4.10. The summed E-state index contributed by atoms with van der Waals surface area (Å²) in [5.74, 6) is -3.85. The first-order valence-corrected chi connectivity index (χ1v) is 8.62. The van der Waals surface area contributed by atoms with Gasteiger partial charge in [0.1, 0.15) is 0 Å². The first kappa shape index (κ1) is 19.3. The lowest BCUT2D eigenvalue weighted by Crippen LogP contribution is -2.44. The van der Waals surface area contributed by atoms with E-state index in [-0.39, 0.29) is 10.6 Å². The molecule has 0 saturated carbocycles. The molecule has 0 aromatic heterocycles. The van der Waals surface area contributed by atoms with Crippen molar-refractivity contribution in [2.24, 2.45) is 0 Å². The summed E-state index contributed by atoms with van der Waals surface area (Å²) in [7, 11) is 0. The Morgan fingerprint density at radius 2 is 1.70 bits per heavy atom. The van der Waals surface area contributed by atoms with E-state index in [1.165, 1.54) is 4.90 Å². The summed E-state index contributed by atoms with van der Waals surface area (Å²) < 4.78 is 37.3. The fourth-order valence-electron chi connectivity index (χ4n) is 2.69. The molecule has 8 heteroatoms. The minimum Gasteiger partial charge on any atom is -0.444 e. The Balaban J connectivity index is 1.88. The maximum Gasteiger partial charge on any atom is 0.340 e. The second-order valence-corrected chi connectivity index (χ2v) is 6.29. The number of amides is 1. The molecule has 0 spiro atoms. The Bertz CT molecular complexity index is 841. The van der Waals surface area contributed by atoms with Gasteiger partial charge in [0.2, 0.25) is 6.10 Å². The lowest BCUT2D eigenvalue weighted by molar-refractivity contribution is -0.145. The molecule has 3 rings (SSSR count). The molecule has 0 N–H and O–H groups in total. The van der Waals surface area contributed by atoms with E-state index in [9.17, 15) is 18.4 Å². The SMILES string of the molecule is O=C(O[C@@H](C(=O)N1CCOCC1)c1ccccc1)c1cc(F)c(F)cc1Cl. The summed E-state index contributed by atoms with van der Waals surface area (Å²) in [6.45, 7) is 1.50. The number of nitrogens with zero attached hydrogens (tertiary/aromatic N) is 1. The number of hydrogen-bond donors (Lipinski definition) is 0. The lowest BCUT2D eigenvalue weighted by Gasteiger charge is -2.30. The average molecular weight is 396 g/mol. The summed E-state index contributed by atoms with van der Waals surface area (Å²) in [6, 6.07) is 9.79. The molecule has 1 atom stereocenters. The third kappa shape index (κ3) is 4.43. The summed E-state index contributed by atoms with van der Waals surface area (Å²) in [5, 5.41) is -0.301. The lowest BCUT2D eigenvalue weighted by atomic mass is 10.1. The Morgan fingerprint density at radius 1 is 1.07 bits per heavy atom. The summed E-state index contributed by atoms with van der Waals surface area (Å²) in [6.07, 6.45) is -1.24. The molecule has 2 aromatic rings. The van der Waals surface area contributed by atoms with Crippen molar-refractivity contribution in [3.63, 3.8) is 0 Å².